The summed E-state index contributed by atoms with van der Waals surface area (Å²) >= 11 is 0. The lowest BCUT2D eigenvalue weighted by atomic mass is 10.0. The molecule has 1 atom stereocenters. The van der Waals surface area contributed by atoms with Crippen molar-refractivity contribution in [3.8, 4) is 0 Å². The van der Waals surface area contributed by atoms with Crippen LogP contribution < -0.4 is 10.6 Å². The van der Waals surface area contributed by atoms with Gasteiger partial charge in [-0.3, -0.25) is 0 Å². The SMILES string of the molecule is CCCCCCCCCCCCCCCCCCNC(=O)OCC(COC(=O)NCC[N+]1(C)CCOCC1)OC. The number of amides is 2. The zero-order chi connectivity index (χ0) is 29.2. The second-order valence-corrected chi connectivity index (χ2v) is 11.6. The van der Waals surface area contributed by atoms with Gasteiger partial charge in [-0.1, -0.05) is 103 Å². The molecule has 0 spiro atoms. The van der Waals surface area contributed by atoms with Gasteiger partial charge in [-0.05, 0) is 6.42 Å². The molecule has 0 aromatic rings. The monoisotopic (exact) mass is 572 g/mol. The van der Waals surface area contributed by atoms with E-state index >= 15 is 0 Å². The Morgan fingerprint density at radius 1 is 0.700 bits per heavy atom. The highest BCUT2D eigenvalue weighted by Gasteiger charge is 2.25. The summed E-state index contributed by atoms with van der Waals surface area (Å²) in [5.74, 6) is 0. The molecule has 40 heavy (non-hydrogen) atoms. The largest absolute Gasteiger partial charge is 0.447 e. The number of quaternary nitrogens is 1. The molecule has 2 amide bonds. The Hall–Kier alpha value is -1.58. The summed E-state index contributed by atoms with van der Waals surface area (Å²) in [6.07, 6.45) is 19.8. The van der Waals surface area contributed by atoms with Gasteiger partial charge in [0.05, 0.1) is 33.4 Å². The number of nitrogens with zero attached hydrogens (tertiary/aromatic N) is 1. The van der Waals surface area contributed by atoms with E-state index in [1.165, 1.54) is 97.0 Å². The van der Waals surface area contributed by atoms with Crippen LogP contribution in [-0.4, -0.2) is 96.1 Å². The van der Waals surface area contributed by atoms with Crippen molar-refractivity contribution < 1.29 is 33.0 Å². The van der Waals surface area contributed by atoms with Crippen LogP contribution in [0, 0.1) is 0 Å². The summed E-state index contributed by atoms with van der Waals surface area (Å²) in [7, 11) is 3.67. The van der Waals surface area contributed by atoms with Crippen LogP contribution >= 0.6 is 0 Å². The quantitative estimate of drug-likeness (QED) is 0.100. The fraction of sp³-hybridized carbons (Fsp3) is 0.935. The Morgan fingerprint density at radius 2 is 1.12 bits per heavy atom. The van der Waals surface area contributed by atoms with Crippen molar-refractivity contribution in [2.45, 2.75) is 116 Å². The molecule has 1 heterocycles. The Bertz CT molecular complexity index is 616. The highest BCUT2D eigenvalue weighted by atomic mass is 16.6. The van der Waals surface area contributed by atoms with Gasteiger partial charge in [0.1, 0.15) is 32.4 Å². The molecule has 0 saturated carbocycles. The normalized spacial score (nSPS) is 15.4. The van der Waals surface area contributed by atoms with E-state index in [1.54, 1.807) is 0 Å². The third-order valence-corrected chi connectivity index (χ3v) is 7.91. The first-order valence-corrected chi connectivity index (χ1v) is 16.2. The summed E-state index contributed by atoms with van der Waals surface area (Å²) in [5, 5.41) is 5.57. The molecule has 0 aromatic carbocycles. The summed E-state index contributed by atoms with van der Waals surface area (Å²) in [5.41, 5.74) is 0. The van der Waals surface area contributed by atoms with Gasteiger partial charge in [0.25, 0.3) is 0 Å². The van der Waals surface area contributed by atoms with E-state index in [2.05, 4.69) is 24.6 Å². The maximum Gasteiger partial charge on any atom is 0.407 e. The van der Waals surface area contributed by atoms with E-state index in [-0.39, 0.29) is 13.2 Å². The van der Waals surface area contributed by atoms with Crippen molar-refractivity contribution in [3.05, 3.63) is 0 Å². The van der Waals surface area contributed by atoms with Crippen molar-refractivity contribution in [2.75, 3.05) is 73.3 Å². The number of carbonyl (C=O) groups is 2. The van der Waals surface area contributed by atoms with Gasteiger partial charge in [0.2, 0.25) is 0 Å². The van der Waals surface area contributed by atoms with Gasteiger partial charge in [0.15, 0.2) is 0 Å². The molecular formula is C31H62N3O6+. The maximum atomic E-state index is 12.0. The van der Waals surface area contributed by atoms with E-state index in [0.717, 1.165) is 50.2 Å². The van der Waals surface area contributed by atoms with Crippen molar-refractivity contribution in [1.82, 2.24) is 10.6 Å². The number of ether oxygens (including phenoxy) is 4. The fourth-order valence-corrected chi connectivity index (χ4v) is 4.92. The zero-order valence-electron chi connectivity index (χ0n) is 26.2. The number of rotatable bonds is 25. The highest BCUT2D eigenvalue weighted by Crippen LogP contribution is 2.13. The number of nitrogens with one attached hydrogen (secondary N) is 2. The molecule has 2 N–H and O–H groups in total. The van der Waals surface area contributed by atoms with Crippen LogP contribution in [0.15, 0.2) is 0 Å². The molecule has 0 radical (unpaired) electrons. The molecular weight excluding hydrogens is 510 g/mol. The fourth-order valence-electron chi connectivity index (χ4n) is 4.92. The zero-order valence-corrected chi connectivity index (χ0v) is 26.2. The van der Waals surface area contributed by atoms with Gasteiger partial charge in [-0.25, -0.2) is 9.59 Å². The minimum Gasteiger partial charge on any atom is -0.447 e. The number of likely N-dealkylation sites (N-methyl/N-ethyl adjacent to an activating group) is 1. The highest BCUT2D eigenvalue weighted by molar-refractivity contribution is 5.67. The van der Waals surface area contributed by atoms with Crippen molar-refractivity contribution in [1.29, 1.82) is 0 Å². The van der Waals surface area contributed by atoms with E-state index < -0.39 is 18.3 Å². The van der Waals surface area contributed by atoms with E-state index in [0.29, 0.717) is 13.1 Å². The second-order valence-electron chi connectivity index (χ2n) is 11.6. The number of carbonyl (C=O) groups excluding carboxylic acids is 2. The van der Waals surface area contributed by atoms with Crippen LogP contribution in [0.5, 0.6) is 0 Å². The molecule has 9 nitrogen and oxygen atoms in total. The molecule has 1 saturated heterocycles. The lowest BCUT2D eigenvalue weighted by Gasteiger charge is -2.37. The number of hydrogen-bond acceptors (Lipinski definition) is 6. The first-order valence-electron chi connectivity index (χ1n) is 16.2. The molecule has 1 aliphatic rings. The van der Waals surface area contributed by atoms with Crippen LogP contribution in [0.4, 0.5) is 9.59 Å². The predicted molar refractivity (Wildman–Crippen MR) is 161 cm³/mol. The molecule has 1 rings (SSSR count). The molecule has 1 fully saturated rings. The van der Waals surface area contributed by atoms with Crippen molar-refractivity contribution >= 4 is 12.2 Å². The summed E-state index contributed by atoms with van der Waals surface area (Å²) in [4.78, 5) is 24.0. The van der Waals surface area contributed by atoms with E-state index in [1.807, 2.05) is 0 Å². The van der Waals surface area contributed by atoms with Gasteiger partial charge in [-0.2, -0.15) is 0 Å². The van der Waals surface area contributed by atoms with E-state index in [4.69, 9.17) is 18.9 Å². The molecule has 1 unspecified atom stereocenters. The number of alkyl carbamates (subject to hydrolysis) is 2. The number of hydrogen-bond donors (Lipinski definition) is 2. The molecule has 236 valence electrons. The minimum atomic E-state index is -0.504. The third-order valence-electron chi connectivity index (χ3n) is 7.91. The summed E-state index contributed by atoms with van der Waals surface area (Å²) in [6, 6.07) is 0. The lowest BCUT2D eigenvalue weighted by molar-refractivity contribution is -0.915. The second kappa shape index (κ2) is 25.2. The first-order chi connectivity index (χ1) is 19.5. The van der Waals surface area contributed by atoms with E-state index in [9.17, 15) is 9.59 Å². The standard InChI is InChI=1S/C31H61N3O6/c1-4-5-6-7-8-9-10-11-12-13-14-15-16-17-18-19-20-32-30(35)39-27-29(37-3)28-40-31(36)33-21-22-34(2)23-25-38-26-24-34/h29H,4-28H2,1-3H3,(H-,32,33,35,36)/p+1. The average Bonchev–Trinajstić information content (AvgIpc) is 2.95. The number of unbranched alkanes of at least 4 members (excludes halogenated alkanes) is 15. The molecule has 0 bridgehead atoms. The molecule has 1 aliphatic heterocycles. The lowest BCUT2D eigenvalue weighted by Crippen LogP contribution is -2.54. The van der Waals surface area contributed by atoms with Crippen LogP contribution in [0.1, 0.15) is 110 Å². The Morgan fingerprint density at radius 3 is 1.57 bits per heavy atom. The molecule has 0 aliphatic carbocycles. The van der Waals surface area contributed by atoms with Gasteiger partial charge >= 0.3 is 12.2 Å². The van der Waals surface area contributed by atoms with Crippen molar-refractivity contribution in [3.63, 3.8) is 0 Å². The van der Waals surface area contributed by atoms with Gasteiger partial charge in [0, 0.05) is 13.7 Å². The number of methoxy groups -OCH3 is 1. The average molecular weight is 573 g/mol. The Kier molecular flexibility index (Phi) is 22.9. The first kappa shape index (κ1) is 36.4. The topological polar surface area (TPSA) is 95.1 Å². The maximum absolute atomic E-state index is 12.0. The van der Waals surface area contributed by atoms with Crippen LogP contribution in [-0.2, 0) is 18.9 Å². The van der Waals surface area contributed by atoms with Crippen LogP contribution in [0.3, 0.4) is 0 Å². The van der Waals surface area contributed by atoms with Gasteiger partial charge < -0.3 is 34.1 Å². The van der Waals surface area contributed by atoms with Crippen LogP contribution in [0.2, 0.25) is 0 Å². The van der Waals surface area contributed by atoms with Crippen molar-refractivity contribution in [2.24, 2.45) is 0 Å². The van der Waals surface area contributed by atoms with Gasteiger partial charge in [-0.15, -0.1) is 0 Å². The molecule has 0 aromatic heterocycles. The summed E-state index contributed by atoms with van der Waals surface area (Å²) < 4.78 is 22.0. The Labute approximate surface area is 245 Å². The molecule has 9 heteroatoms. The third kappa shape index (κ3) is 21.2. The number of morpholine rings is 1. The summed E-state index contributed by atoms with van der Waals surface area (Å²) in [6.45, 7) is 7.70. The van der Waals surface area contributed by atoms with Crippen LogP contribution in [0.25, 0.3) is 0 Å². The smallest absolute Gasteiger partial charge is 0.407 e. The minimum absolute atomic E-state index is 0.0225. The predicted octanol–water partition coefficient (Wildman–Crippen LogP) is 6.19. The Balaban J connectivity index is 1.89.